The van der Waals surface area contributed by atoms with Gasteiger partial charge in [0.05, 0.1) is 46.0 Å². The van der Waals surface area contributed by atoms with Crippen molar-refractivity contribution in [2.45, 2.75) is 6.92 Å². The maximum atomic E-state index is 10.1. The van der Waals surface area contributed by atoms with E-state index in [1.165, 1.54) is 4.90 Å². The van der Waals surface area contributed by atoms with Crippen LogP contribution >= 0.6 is 0 Å². The number of para-hydroxylation sites is 1. The van der Waals surface area contributed by atoms with Gasteiger partial charge < -0.3 is 14.7 Å². The van der Waals surface area contributed by atoms with Crippen LogP contribution in [0.4, 0.5) is 0 Å². The molecule has 5 heteroatoms. The highest BCUT2D eigenvalue weighted by Crippen LogP contribution is 2.28. The molecule has 0 spiro atoms. The van der Waals surface area contributed by atoms with Crippen molar-refractivity contribution in [1.82, 2.24) is 5.01 Å². The predicted octanol–water partition coefficient (Wildman–Crippen LogP) is -0.0449. The highest BCUT2D eigenvalue weighted by Gasteiger charge is 2.14. The smallest absolute Gasteiger partial charge is 0.166 e. The zero-order chi connectivity index (χ0) is 13.7. The summed E-state index contributed by atoms with van der Waals surface area (Å²) in [6.07, 6.45) is 1.71. The molecule has 19 heavy (non-hydrogen) atoms. The van der Waals surface area contributed by atoms with Gasteiger partial charge in [0.2, 0.25) is 0 Å². The van der Waals surface area contributed by atoms with Crippen LogP contribution in [-0.4, -0.2) is 56.2 Å². The lowest BCUT2D eigenvalue weighted by Crippen LogP contribution is -3.11. The molecule has 0 unspecified atom stereocenters. The second kappa shape index (κ2) is 6.43. The summed E-state index contributed by atoms with van der Waals surface area (Å²) in [5.41, 5.74) is 0.692. The molecule has 0 aromatic heterocycles. The van der Waals surface area contributed by atoms with Gasteiger partial charge in [-0.15, -0.1) is 0 Å². The summed E-state index contributed by atoms with van der Waals surface area (Å²) in [7, 11) is 2.19. The third kappa shape index (κ3) is 3.61. The minimum Gasteiger partial charge on any atom is -0.504 e. The number of nitrogens with one attached hydrogen (secondary N) is 1. The summed E-state index contributed by atoms with van der Waals surface area (Å²) in [4.78, 5) is 1.53. The van der Waals surface area contributed by atoms with Crippen molar-refractivity contribution < 1.29 is 14.7 Å². The zero-order valence-electron chi connectivity index (χ0n) is 11.6. The number of rotatable bonds is 4. The SMILES string of the molecule is CCOc1cccc(/C=N/N2CC[NH+](C)CC2)c1O. The molecule has 1 aromatic rings. The third-order valence-corrected chi connectivity index (χ3v) is 3.28. The highest BCUT2D eigenvalue weighted by atomic mass is 16.5. The van der Waals surface area contributed by atoms with Crippen molar-refractivity contribution in [3.63, 3.8) is 0 Å². The van der Waals surface area contributed by atoms with Crippen LogP contribution in [0.5, 0.6) is 11.5 Å². The molecular weight excluding hydrogens is 242 g/mol. The summed E-state index contributed by atoms with van der Waals surface area (Å²) in [6, 6.07) is 5.46. The third-order valence-electron chi connectivity index (χ3n) is 3.28. The summed E-state index contributed by atoms with van der Waals surface area (Å²) >= 11 is 0. The van der Waals surface area contributed by atoms with Crippen LogP contribution in [0.25, 0.3) is 0 Å². The zero-order valence-corrected chi connectivity index (χ0v) is 11.6. The van der Waals surface area contributed by atoms with Gasteiger partial charge in [-0.2, -0.15) is 5.10 Å². The maximum absolute atomic E-state index is 10.1. The molecule has 5 nitrogen and oxygen atoms in total. The first-order valence-corrected chi connectivity index (χ1v) is 6.75. The molecule has 0 atom stereocenters. The molecule has 1 heterocycles. The van der Waals surface area contributed by atoms with Crippen LogP contribution < -0.4 is 9.64 Å². The summed E-state index contributed by atoms with van der Waals surface area (Å²) in [5.74, 6) is 0.669. The molecule has 0 bridgehead atoms. The Morgan fingerprint density at radius 3 is 2.84 bits per heavy atom. The number of nitrogens with zero attached hydrogens (tertiary/aromatic N) is 2. The van der Waals surface area contributed by atoms with E-state index in [1.807, 2.05) is 24.1 Å². The van der Waals surface area contributed by atoms with E-state index in [2.05, 4.69) is 12.1 Å². The van der Waals surface area contributed by atoms with Crippen LogP contribution in [0.2, 0.25) is 0 Å². The number of aromatic hydroxyl groups is 1. The molecule has 2 N–H and O–H groups in total. The van der Waals surface area contributed by atoms with Gasteiger partial charge in [-0.25, -0.2) is 0 Å². The normalized spacial score (nSPS) is 17.1. The minimum absolute atomic E-state index is 0.160. The second-order valence-electron chi connectivity index (χ2n) is 4.78. The first kappa shape index (κ1) is 13.7. The van der Waals surface area contributed by atoms with E-state index in [1.54, 1.807) is 12.3 Å². The molecular formula is C14H22N3O2+. The molecule has 1 fully saturated rings. The van der Waals surface area contributed by atoms with E-state index in [0.29, 0.717) is 17.9 Å². The maximum Gasteiger partial charge on any atom is 0.166 e. The molecule has 1 aromatic carbocycles. The van der Waals surface area contributed by atoms with Gasteiger partial charge in [-0.05, 0) is 19.1 Å². The van der Waals surface area contributed by atoms with Crippen molar-refractivity contribution >= 4 is 6.21 Å². The van der Waals surface area contributed by atoms with Gasteiger partial charge in [0.1, 0.15) is 0 Å². The Labute approximate surface area is 114 Å². The number of phenolic OH excluding ortho intramolecular Hbond substituents is 1. The van der Waals surface area contributed by atoms with Gasteiger partial charge >= 0.3 is 0 Å². The standard InChI is InChI=1S/C14H21N3O2/c1-3-19-13-6-4-5-12(14(13)18)11-15-17-9-7-16(2)8-10-17/h4-6,11,18H,3,7-10H2,1-2H3/p+1/b15-11+. The number of hydrazone groups is 1. The van der Waals surface area contributed by atoms with E-state index in [4.69, 9.17) is 4.74 Å². The lowest BCUT2D eigenvalue weighted by molar-refractivity contribution is -0.884. The first-order valence-electron chi connectivity index (χ1n) is 6.75. The largest absolute Gasteiger partial charge is 0.504 e. The van der Waals surface area contributed by atoms with E-state index in [0.717, 1.165) is 26.2 Å². The molecule has 0 aliphatic carbocycles. The van der Waals surface area contributed by atoms with Crippen molar-refractivity contribution in [3.05, 3.63) is 23.8 Å². The van der Waals surface area contributed by atoms with Gasteiger partial charge in [0, 0.05) is 5.56 Å². The van der Waals surface area contributed by atoms with Gasteiger partial charge in [-0.1, -0.05) is 6.07 Å². The fraction of sp³-hybridized carbons (Fsp3) is 0.500. The number of benzene rings is 1. The van der Waals surface area contributed by atoms with E-state index in [9.17, 15) is 5.11 Å². The Morgan fingerprint density at radius 2 is 2.16 bits per heavy atom. The summed E-state index contributed by atoms with van der Waals surface area (Å²) in [5, 5.41) is 16.5. The molecule has 104 valence electrons. The fourth-order valence-corrected chi connectivity index (χ4v) is 2.05. The Kier molecular flexibility index (Phi) is 4.63. The molecule has 2 rings (SSSR count). The Hall–Kier alpha value is -1.75. The summed E-state index contributed by atoms with van der Waals surface area (Å²) in [6.45, 7) is 6.54. The quantitative estimate of drug-likeness (QED) is 0.750. The number of quaternary nitrogens is 1. The van der Waals surface area contributed by atoms with Crippen molar-refractivity contribution in [3.8, 4) is 11.5 Å². The number of likely N-dealkylation sites (N-methyl/N-ethyl adjacent to an activating group) is 1. The van der Waals surface area contributed by atoms with Gasteiger partial charge in [0.25, 0.3) is 0 Å². The highest BCUT2D eigenvalue weighted by molar-refractivity contribution is 5.84. The number of phenols is 1. The topological polar surface area (TPSA) is 49.5 Å². The van der Waals surface area contributed by atoms with Crippen molar-refractivity contribution in [2.75, 3.05) is 39.8 Å². The molecule has 1 aliphatic heterocycles. The van der Waals surface area contributed by atoms with Crippen LogP contribution in [-0.2, 0) is 0 Å². The molecule has 0 amide bonds. The second-order valence-corrected chi connectivity index (χ2v) is 4.78. The molecule has 0 radical (unpaired) electrons. The molecule has 0 saturated carbocycles. The van der Waals surface area contributed by atoms with E-state index >= 15 is 0 Å². The number of piperazine rings is 1. The van der Waals surface area contributed by atoms with Crippen LogP contribution in [0, 0.1) is 0 Å². The van der Waals surface area contributed by atoms with Gasteiger partial charge in [0.15, 0.2) is 11.5 Å². The van der Waals surface area contributed by atoms with E-state index in [-0.39, 0.29) is 5.75 Å². The summed E-state index contributed by atoms with van der Waals surface area (Å²) < 4.78 is 5.35. The molecule has 1 aliphatic rings. The number of hydrogen-bond acceptors (Lipinski definition) is 4. The predicted molar refractivity (Wildman–Crippen MR) is 75.1 cm³/mol. The minimum atomic E-state index is 0.160. The van der Waals surface area contributed by atoms with Crippen molar-refractivity contribution in [2.24, 2.45) is 5.10 Å². The Balaban J connectivity index is 2.04. The average Bonchev–Trinajstić information content (AvgIpc) is 2.42. The van der Waals surface area contributed by atoms with Crippen LogP contribution in [0.1, 0.15) is 12.5 Å². The Morgan fingerprint density at radius 1 is 1.42 bits per heavy atom. The fourth-order valence-electron chi connectivity index (χ4n) is 2.05. The van der Waals surface area contributed by atoms with Crippen molar-refractivity contribution in [1.29, 1.82) is 0 Å². The van der Waals surface area contributed by atoms with Crippen LogP contribution in [0.15, 0.2) is 23.3 Å². The first-order chi connectivity index (χ1) is 9.20. The molecule has 1 saturated heterocycles. The number of ether oxygens (including phenoxy) is 1. The lowest BCUT2D eigenvalue weighted by atomic mass is 10.2. The average molecular weight is 264 g/mol. The van der Waals surface area contributed by atoms with Gasteiger partial charge in [-0.3, -0.25) is 5.01 Å². The Bertz CT molecular complexity index is 440. The van der Waals surface area contributed by atoms with Crippen LogP contribution in [0.3, 0.4) is 0 Å². The lowest BCUT2D eigenvalue weighted by Gasteiger charge is -2.27. The monoisotopic (exact) mass is 264 g/mol. The number of hydrogen-bond donors (Lipinski definition) is 2. The van der Waals surface area contributed by atoms with E-state index < -0.39 is 0 Å².